The molecule has 0 radical (unpaired) electrons. The van der Waals surface area contributed by atoms with Crippen LogP contribution in [0.5, 0.6) is 0 Å². The molecule has 0 saturated heterocycles. The lowest BCUT2D eigenvalue weighted by atomic mass is 10.0. The molecule has 0 aliphatic rings. The van der Waals surface area contributed by atoms with Crippen LogP contribution in [0.4, 0.5) is 18.9 Å². The molecule has 0 bridgehead atoms. The Balaban J connectivity index is 2.61. The van der Waals surface area contributed by atoms with Crippen LogP contribution in [0.3, 0.4) is 0 Å². The van der Waals surface area contributed by atoms with Gasteiger partial charge < -0.3 is 0 Å². The van der Waals surface area contributed by atoms with E-state index in [1.165, 1.54) is 12.1 Å². The summed E-state index contributed by atoms with van der Waals surface area (Å²) < 4.78 is 66.8. The zero-order valence-corrected chi connectivity index (χ0v) is 14.6. The Labute approximate surface area is 139 Å². The predicted octanol–water partition coefficient (Wildman–Crippen LogP) is 4.74. The molecule has 24 heavy (non-hydrogen) atoms. The minimum Gasteiger partial charge on any atom is -0.279 e. The Morgan fingerprint density at radius 3 is 1.92 bits per heavy atom. The average Bonchev–Trinajstić information content (AvgIpc) is 2.44. The molecule has 2 aromatic rings. The summed E-state index contributed by atoms with van der Waals surface area (Å²) in [5.74, 6) is 0. The normalized spacial score (nSPS) is 12.3. The summed E-state index contributed by atoms with van der Waals surface area (Å²) in [5, 5.41) is 0. The van der Waals surface area contributed by atoms with Crippen molar-refractivity contribution in [3.8, 4) is 0 Å². The summed E-state index contributed by atoms with van der Waals surface area (Å²) in [6.45, 7) is 6.83. The van der Waals surface area contributed by atoms with Crippen molar-refractivity contribution in [2.45, 2.75) is 38.8 Å². The van der Waals surface area contributed by atoms with Crippen molar-refractivity contribution in [1.29, 1.82) is 0 Å². The quantitative estimate of drug-likeness (QED) is 0.862. The molecule has 0 spiro atoms. The topological polar surface area (TPSA) is 46.2 Å². The van der Waals surface area contributed by atoms with Crippen LogP contribution in [0.1, 0.15) is 27.8 Å². The maximum Gasteiger partial charge on any atom is 0.418 e. The number of halogens is 3. The second kappa shape index (κ2) is 6.12. The van der Waals surface area contributed by atoms with E-state index in [1.807, 2.05) is 6.07 Å². The van der Waals surface area contributed by atoms with Gasteiger partial charge in [0.25, 0.3) is 10.0 Å². The average molecular weight is 357 g/mol. The first-order valence-electron chi connectivity index (χ1n) is 7.21. The number of benzene rings is 2. The molecule has 0 aliphatic heterocycles. The van der Waals surface area contributed by atoms with Crippen LogP contribution in [0.25, 0.3) is 0 Å². The van der Waals surface area contributed by atoms with Crippen molar-refractivity contribution in [1.82, 2.24) is 0 Å². The van der Waals surface area contributed by atoms with E-state index in [2.05, 4.69) is 4.72 Å². The molecular formula is C17H18F3NO2S. The van der Waals surface area contributed by atoms with Gasteiger partial charge >= 0.3 is 6.18 Å². The Bertz CT molecular complexity index is 861. The third-order valence-electron chi connectivity index (χ3n) is 4.04. The van der Waals surface area contributed by atoms with Crippen LogP contribution < -0.4 is 4.72 Å². The summed E-state index contributed by atoms with van der Waals surface area (Å²) in [7, 11) is -4.15. The smallest absolute Gasteiger partial charge is 0.279 e. The van der Waals surface area contributed by atoms with Gasteiger partial charge in [0.1, 0.15) is 0 Å². The number of para-hydroxylation sites is 1. The molecule has 0 fully saturated rings. The number of hydrogen-bond acceptors (Lipinski definition) is 2. The van der Waals surface area contributed by atoms with Gasteiger partial charge in [-0.2, -0.15) is 13.2 Å². The lowest BCUT2D eigenvalue weighted by Gasteiger charge is -2.18. The van der Waals surface area contributed by atoms with E-state index in [1.54, 1.807) is 27.7 Å². The Morgan fingerprint density at radius 2 is 1.42 bits per heavy atom. The van der Waals surface area contributed by atoms with E-state index in [9.17, 15) is 21.6 Å². The van der Waals surface area contributed by atoms with Crippen molar-refractivity contribution in [3.05, 3.63) is 58.1 Å². The van der Waals surface area contributed by atoms with E-state index < -0.39 is 27.5 Å². The third kappa shape index (κ3) is 3.40. The molecule has 1 N–H and O–H groups in total. The highest BCUT2D eigenvalue weighted by Gasteiger charge is 2.34. The summed E-state index contributed by atoms with van der Waals surface area (Å²) in [6.07, 6.45) is -4.65. The molecule has 3 nitrogen and oxygen atoms in total. The minimum atomic E-state index is -4.65. The number of anilines is 1. The third-order valence-corrected chi connectivity index (χ3v) is 5.68. The molecule has 0 heterocycles. The van der Waals surface area contributed by atoms with Crippen LogP contribution in [0.15, 0.2) is 35.2 Å². The molecule has 0 aromatic heterocycles. The fraction of sp³-hybridized carbons (Fsp3) is 0.294. The van der Waals surface area contributed by atoms with E-state index in [0.29, 0.717) is 11.1 Å². The first kappa shape index (κ1) is 18.3. The number of hydrogen-bond donors (Lipinski definition) is 1. The molecule has 2 rings (SSSR count). The van der Waals surface area contributed by atoms with Crippen LogP contribution in [-0.2, 0) is 16.2 Å². The number of rotatable bonds is 3. The first-order chi connectivity index (χ1) is 10.9. The summed E-state index contributed by atoms with van der Waals surface area (Å²) >= 11 is 0. The lowest BCUT2D eigenvalue weighted by molar-refractivity contribution is -0.136. The monoisotopic (exact) mass is 357 g/mol. The fourth-order valence-electron chi connectivity index (χ4n) is 2.60. The summed E-state index contributed by atoms with van der Waals surface area (Å²) in [6, 6.07) is 6.38. The zero-order valence-electron chi connectivity index (χ0n) is 13.7. The SMILES string of the molecule is Cc1cc(C)c(C)c(S(=O)(=O)Nc2ccccc2C(F)(F)F)c1C. The maximum atomic E-state index is 13.1. The first-order valence-corrected chi connectivity index (χ1v) is 8.70. The van der Waals surface area contributed by atoms with E-state index in [-0.39, 0.29) is 4.90 Å². The number of nitrogens with one attached hydrogen (secondary N) is 1. The highest BCUT2D eigenvalue weighted by atomic mass is 32.2. The maximum absolute atomic E-state index is 13.1. The largest absolute Gasteiger partial charge is 0.418 e. The second-order valence-corrected chi connectivity index (χ2v) is 7.36. The van der Waals surface area contributed by atoms with E-state index >= 15 is 0 Å². The van der Waals surface area contributed by atoms with Gasteiger partial charge in [-0.3, -0.25) is 4.72 Å². The number of alkyl halides is 3. The highest BCUT2D eigenvalue weighted by molar-refractivity contribution is 7.92. The minimum absolute atomic E-state index is 0.0250. The molecule has 0 amide bonds. The molecule has 130 valence electrons. The van der Waals surface area contributed by atoms with Crippen LogP contribution >= 0.6 is 0 Å². The Morgan fingerprint density at radius 1 is 0.917 bits per heavy atom. The van der Waals surface area contributed by atoms with Crippen LogP contribution in [-0.4, -0.2) is 8.42 Å². The summed E-state index contributed by atoms with van der Waals surface area (Å²) in [4.78, 5) is 0.0250. The van der Waals surface area contributed by atoms with E-state index in [4.69, 9.17) is 0 Å². The van der Waals surface area contributed by atoms with Crippen LogP contribution in [0.2, 0.25) is 0 Å². The van der Waals surface area contributed by atoms with E-state index in [0.717, 1.165) is 23.3 Å². The van der Waals surface area contributed by atoms with Gasteiger partial charge in [0.05, 0.1) is 16.1 Å². The summed E-state index contributed by atoms with van der Waals surface area (Å²) in [5.41, 5.74) is 1.08. The predicted molar refractivity (Wildman–Crippen MR) is 87.6 cm³/mol. The van der Waals surface area contributed by atoms with Gasteiger partial charge in [-0.05, 0) is 62.1 Å². The Hall–Kier alpha value is -2.02. The number of sulfonamides is 1. The highest BCUT2D eigenvalue weighted by Crippen LogP contribution is 2.36. The molecule has 0 unspecified atom stereocenters. The van der Waals surface area contributed by atoms with Crippen molar-refractivity contribution in [2.75, 3.05) is 4.72 Å². The fourth-order valence-corrected chi connectivity index (χ4v) is 4.30. The number of aryl methyl sites for hydroxylation is 2. The van der Waals surface area contributed by atoms with Gasteiger partial charge in [0.2, 0.25) is 0 Å². The van der Waals surface area contributed by atoms with Crippen molar-refractivity contribution in [2.24, 2.45) is 0 Å². The van der Waals surface area contributed by atoms with Gasteiger partial charge in [0.15, 0.2) is 0 Å². The van der Waals surface area contributed by atoms with Crippen molar-refractivity contribution in [3.63, 3.8) is 0 Å². The van der Waals surface area contributed by atoms with Crippen molar-refractivity contribution >= 4 is 15.7 Å². The van der Waals surface area contributed by atoms with Crippen molar-refractivity contribution < 1.29 is 21.6 Å². The van der Waals surface area contributed by atoms with Gasteiger partial charge in [-0.25, -0.2) is 8.42 Å². The Kier molecular flexibility index (Phi) is 4.68. The molecular weight excluding hydrogens is 339 g/mol. The lowest BCUT2D eigenvalue weighted by Crippen LogP contribution is -2.19. The zero-order chi connectivity index (χ0) is 18.3. The second-order valence-electron chi connectivity index (χ2n) is 5.74. The molecule has 0 saturated carbocycles. The van der Waals surface area contributed by atoms with Gasteiger partial charge in [0, 0.05) is 0 Å². The molecule has 7 heteroatoms. The molecule has 0 aliphatic carbocycles. The van der Waals surface area contributed by atoms with Gasteiger partial charge in [-0.15, -0.1) is 0 Å². The molecule has 0 atom stereocenters. The molecule has 2 aromatic carbocycles. The van der Waals surface area contributed by atoms with Gasteiger partial charge in [-0.1, -0.05) is 18.2 Å². The van der Waals surface area contributed by atoms with Crippen LogP contribution in [0, 0.1) is 27.7 Å². The standard InChI is InChI=1S/C17H18F3NO2S/c1-10-9-11(2)13(4)16(12(10)3)24(22,23)21-15-8-6-5-7-14(15)17(18,19)20/h5-9,21H,1-4H3.